The average Bonchev–Trinajstić information content (AvgIpc) is 2.98. The maximum absolute atomic E-state index is 12.6. The van der Waals surface area contributed by atoms with Crippen LogP contribution in [0.3, 0.4) is 0 Å². The Bertz CT molecular complexity index is 1060. The minimum atomic E-state index is -0.260. The molecule has 0 spiro atoms. The SMILES string of the molecule is Cn1c(NC(=O)c2cncc(-c3ccccc3)c2)nc2cccnc21. The standard InChI is InChI=1S/C19H15N5O/c1-24-17-16(8-5-9-21-17)22-19(24)23-18(25)15-10-14(11-20-12-15)13-6-3-2-4-7-13/h2-12H,1H3,(H,22,23,25). The van der Waals surface area contributed by atoms with E-state index in [0.717, 1.165) is 16.6 Å². The number of pyridine rings is 2. The molecule has 0 radical (unpaired) electrons. The number of imidazole rings is 1. The molecular formula is C19H15N5O. The molecule has 0 fully saturated rings. The van der Waals surface area contributed by atoms with E-state index in [0.29, 0.717) is 17.2 Å². The van der Waals surface area contributed by atoms with Gasteiger partial charge in [-0.1, -0.05) is 30.3 Å². The van der Waals surface area contributed by atoms with Gasteiger partial charge < -0.3 is 0 Å². The van der Waals surface area contributed by atoms with Crippen molar-refractivity contribution in [3.63, 3.8) is 0 Å². The number of amides is 1. The van der Waals surface area contributed by atoms with Crippen LogP contribution in [-0.2, 0) is 7.05 Å². The van der Waals surface area contributed by atoms with Gasteiger partial charge in [-0.2, -0.15) is 0 Å². The molecule has 4 aromatic rings. The molecule has 3 heterocycles. The first kappa shape index (κ1) is 15.0. The van der Waals surface area contributed by atoms with Crippen molar-refractivity contribution in [1.29, 1.82) is 0 Å². The fourth-order valence-corrected chi connectivity index (χ4v) is 2.66. The van der Waals surface area contributed by atoms with Gasteiger partial charge in [0.1, 0.15) is 5.52 Å². The normalized spacial score (nSPS) is 10.8. The fourth-order valence-electron chi connectivity index (χ4n) is 2.66. The summed E-state index contributed by atoms with van der Waals surface area (Å²) in [5.41, 5.74) is 3.82. The molecule has 0 unspecified atom stereocenters. The van der Waals surface area contributed by atoms with Crippen molar-refractivity contribution in [2.24, 2.45) is 7.05 Å². The Balaban J connectivity index is 1.64. The van der Waals surface area contributed by atoms with E-state index in [1.54, 1.807) is 23.2 Å². The number of carbonyl (C=O) groups excluding carboxylic acids is 1. The van der Waals surface area contributed by atoms with Crippen LogP contribution in [0.25, 0.3) is 22.3 Å². The molecule has 0 aliphatic rings. The third kappa shape index (κ3) is 2.85. The van der Waals surface area contributed by atoms with E-state index in [9.17, 15) is 4.79 Å². The Morgan fingerprint density at radius 2 is 1.88 bits per heavy atom. The third-order valence-corrected chi connectivity index (χ3v) is 3.96. The molecule has 1 N–H and O–H groups in total. The Hall–Kier alpha value is -3.54. The molecule has 4 rings (SSSR count). The molecule has 25 heavy (non-hydrogen) atoms. The second kappa shape index (κ2) is 6.16. The lowest BCUT2D eigenvalue weighted by Gasteiger charge is -2.06. The number of hydrogen-bond donors (Lipinski definition) is 1. The molecule has 1 aromatic carbocycles. The van der Waals surface area contributed by atoms with Crippen LogP contribution in [0.4, 0.5) is 5.95 Å². The van der Waals surface area contributed by atoms with Crippen molar-refractivity contribution in [3.8, 4) is 11.1 Å². The fraction of sp³-hybridized carbons (Fsp3) is 0.0526. The van der Waals surface area contributed by atoms with Crippen LogP contribution < -0.4 is 5.32 Å². The first-order chi connectivity index (χ1) is 12.2. The molecule has 6 nitrogen and oxygen atoms in total. The van der Waals surface area contributed by atoms with Crippen LogP contribution in [0.2, 0.25) is 0 Å². The lowest BCUT2D eigenvalue weighted by molar-refractivity contribution is 0.102. The van der Waals surface area contributed by atoms with Gasteiger partial charge in [0, 0.05) is 31.2 Å². The van der Waals surface area contributed by atoms with Crippen LogP contribution in [0.15, 0.2) is 67.1 Å². The number of hydrogen-bond acceptors (Lipinski definition) is 4. The van der Waals surface area contributed by atoms with Crippen molar-refractivity contribution in [2.45, 2.75) is 0 Å². The van der Waals surface area contributed by atoms with E-state index in [2.05, 4.69) is 20.3 Å². The van der Waals surface area contributed by atoms with Crippen molar-refractivity contribution in [2.75, 3.05) is 5.32 Å². The smallest absolute Gasteiger partial charge is 0.259 e. The number of aryl methyl sites for hydroxylation is 1. The first-order valence-electron chi connectivity index (χ1n) is 7.81. The van der Waals surface area contributed by atoms with E-state index >= 15 is 0 Å². The summed E-state index contributed by atoms with van der Waals surface area (Å²) in [4.78, 5) is 25.5. The molecule has 6 heteroatoms. The van der Waals surface area contributed by atoms with Crippen molar-refractivity contribution < 1.29 is 4.79 Å². The highest BCUT2D eigenvalue weighted by Gasteiger charge is 2.13. The number of nitrogens with one attached hydrogen (secondary N) is 1. The predicted molar refractivity (Wildman–Crippen MR) is 96.1 cm³/mol. The largest absolute Gasteiger partial charge is 0.298 e. The number of aromatic nitrogens is 4. The first-order valence-corrected chi connectivity index (χ1v) is 7.81. The second-order valence-corrected chi connectivity index (χ2v) is 5.62. The van der Waals surface area contributed by atoms with Crippen molar-refractivity contribution in [1.82, 2.24) is 19.5 Å². The summed E-state index contributed by atoms with van der Waals surface area (Å²) in [5, 5.41) is 2.83. The van der Waals surface area contributed by atoms with E-state index in [1.165, 1.54) is 0 Å². The molecule has 0 bridgehead atoms. The summed E-state index contributed by atoms with van der Waals surface area (Å²) in [6, 6.07) is 15.3. The van der Waals surface area contributed by atoms with Gasteiger partial charge in [0.15, 0.2) is 5.65 Å². The quantitative estimate of drug-likeness (QED) is 0.626. The Kier molecular flexibility index (Phi) is 3.70. The second-order valence-electron chi connectivity index (χ2n) is 5.62. The summed E-state index contributed by atoms with van der Waals surface area (Å²) in [5.74, 6) is 0.188. The minimum absolute atomic E-state index is 0.260. The predicted octanol–water partition coefficient (Wildman–Crippen LogP) is 3.28. The Morgan fingerprint density at radius 1 is 1.04 bits per heavy atom. The van der Waals surface area contributed by atoms with E-state index in [4.69, 9.17) is 0 Å². The number of fused-ring (bicyclic) bond motifs is 1. The number of rotatable bonds is 3. The van der Waals surface area contributed by atoms with Gasteiger partial charge >= 0.3 is 0 Å². The van der Waals surface area contributed by atoms with Gasteiger partial charge in [0.2, 0.25) is 5.95 Å². The molecular weight excluding hydrogens is 314 g/mol. The topological polar surface area (TPSA) is 72.7 Å². The van der Waals surface area contributed by atoms with E-state index in [1.807, 2.05) is 55.6 Å². The Labute approximate surface area is 144 Å². The van der Waals surface area contributed by atoms with Gasteiger partial charge in [-0.05, 0) is 23.8 Å². The molecule has 0 saturated heterocycles. The molecule has 1 amide bonds. The highest BCUT2D eigenvalue weighted by atomic mass is 16.1. The number of carbonyl (C=O) groups is 1. The van der Waals surface area contributed by atoms with Crippen LogP contribution in [-0.4, -0.2) is 25.4 Å². The average molecular weight is 329 g/mol. The molecule has 3 aromatic heterocycles. The zero-order chi connectivity index (χ0) is 17.2. The van der Waals surface area contributed by atoms with Crippen LogP contribution >= 0.6 is 0 Å². The molecule has 0 aliphatic carbocycles. The molecule has 0 atom stereocenters. The van der Waals surface area contributed by atoms with Gasteiger partial charge in [0.25, 0.3) is 5.91 Å². The maximum Gasteiger partial charge on any atom is 0.259 e. The van der Waals surface area contributed by atoms with Crippen molar-refractivity contribution in [3.05, 3.63) is 72.7 Å². The summed E-state index contributed by atoms with van der Waals surface area (Å²) < 4.78 is 1.75. The van der Waals surface area contributed by atoms with Crippen LogP contribution in [0.5, 0.6) is 0 Å². The molecule has 0 saturated carbocycles. The number of benzene rings is 1. The van der Waals surface area contributed by atoms with Gasteiger partial charge in [0.05, 0.1) is 5.56 Å². The summed E-state index contributed by atoms with van der Waals surface area (Å²) >= 11 is 0. The Morgan fingerprint density at radius 3 is 2.68 bits per heavy atom. The van der Waals surface area contributed by atoms with E-state index in [-0.39, 0.29) is 5.91 Å². The van der Waals surface area contributed by atoms with E-state index < -0.39 is 0 Å². The lowest BCUT2D eigenvalue weighted by Crippen LogP contribution is -2.15. The third-order valence-electron chi connectivity index (χ3n) is 3.96. The van der Waals surface area contributed by atoms with Crippen LogP contribution in [0.1, 0.15) is 10.4 Å². The zero-order valence-corrected chi connectivity index (χ0v) is 13.5. The highest BCUT2D eigenvalue weighted by molar-refractivity contribution is 6.04. The molecule has 122 valence electrons. The summed E-state index contributed by atoms with van der Waals surface area (Å²) in [6.45, 7) is 0. The van der Waals surface area contributed by atoms with Crippen molar-refractivity contribution >= 4 is 23.0 Å². The van der Waals surface area contributed by atoms with Gasteiger partial charge in [-0.25, -0.2) is 9.97 Å². The number of anilines is 1. The van der Waals surface area contributed by atoms with Gasteiger partial charge in [-0.3, -0.25) is 19.7 Å². The zero-order valence-electron chi connectivity index (χ0n) is 13.5. The summed E-state index contributed by atoms with van der Waals surface area (Å²) in [7, 11) is 1.82. The maximum atomic E-state index is 12.6. The summed E-state index contributed by atoms with van der Waals surface area (Å²) in [6.07, 6.45) is 4.98. The van der Waals surface area contributed by atoms with Crippen LogP contribution in [0, 0.1) is 0 Å². The number of nitrogens with zero attached hydrogens (tertiary/aromatic N) is 4. The molecule has 0 aliphatic heterocycles. The highest BCUT2D eigenvalue weighted by Crippen LogP contribution is 2.20. The monoisotopic (exact) mass is 329 g/mol. The lowest BCUT2D eigenvalue weighted by atomic mass is 10.1. The minimum Gasteiger partial charge on any atom is -0.298 e. The van der Waals surface area contributed by atoms with Gasteiger partial charge in [-0.15, -0.1) is 0 Å².